The Balaban J connectivity index is 1.96. The lowest BCUT2D eigenvalue weighted by Crippen LogP contribution is -1.80. The molecule has 0 unspecified atom stereocenters. The van der Waals surface area contributed by atoms with Gasteiger partial charge < -0.3 is 4.42 Å². The van der Waals surface area contributed by atoms with Gasteiger partial charge in [0.1, 0.15) is 11.3 Å². The number of hydrogen-bond donors (Lipinski definition) is 0. The van der Waals surface area contributed by atoms with Gasteiger partial charge in [-0.25, -0.2) is 0 Å². The van der Waals surface area contributed by atoms with Crippen LogP contribution in [0.5, 0.6) is 0 Å². The van der Waals surface area contributed by atoms with E-state index in [4.69, 9.17) is 4.42 Å². The van der Waals surface area contributed by atoms with Crippen LogP contribution in [0.15, 0.2) is 71.1 Å². The first-order valence-electron chi connectivity index (χ1n) is 7.66. The molecule has 0 saturated carbocycles. The maximum atomic E-state index is 5.86. The van der Waals surface area contributed by atoms with Gasteiger partial charge >= 0.3 is 0 Å². The number of rotatable bonds is 1. The van der Waals surface area contributed by atoms with Crippen molar-refractivity contribution < 1.29 is 4.42 Å². The predicted molar refractivity (Wildman–Crippen MR) is 101 cm³/mol. The summed E-state index contributed by atoms with van der Waals surface area (Å²) in [6, 6.07) is 23.9. The van der Waals surface area contributed by atoms with Gasteiger partial charge in [-0.15, -0.1) is 0 Å². The molecule has 110 valence electrons. The summed E-state index contributed by atoms with van der Waals surface area (Å²) in [5, 5.41) is 9.59. The SMILES string of the molecule is BrCc1cc2c(ccc3c4cc5ccccc5cc4ccc23)o1. The monoisotopic (exact) mass is 360 g/mol. The minimum absolute atomic E-state index is 0.737. The van der Waals surface area contributed by atoms with Crippen LogP contribution in [-0.2, 0) is 5.33 Å². The molecule has 5 aromatic rings. The van der Waals surface area contributed by atoms with E-state index in [2.05, 4.69) is 82.7 Å². The molecule has 0 fully saturated rings. The molecule has 5 rings (SSSR count). The zero-order valence-electron chi connectivity index (χ0n) is 12.3. The minimum atomic E-state index is 0.737. The minimum Gasteiger partial charge on any atom is -0.460 e. The average Bonchev–Trinajstić information content (AvgIpc) is 3.03. The quantitative estimate of drug-likeness (QED) is 0.182. The van der Waals surface area contributed by atoms with Gasteiger partial charge in [0.05, 0.1) is 5.33 Å². The summed E-state index contributed by atoms with van der Waals surface area (Å²) in [5.74, 6) is 0.964. The largest absolute Gasteiger partial charge is 0.460 e. The second-order valence-corrected chi connectivity index (χ2v) is 6.47. The third-order valence-electron chi connectivity index (χ3n) is 4.56. The average molecular weight is 361 g/mol. The summed E-state index contributed by atoms with van der Waals surface area (Å²) in [5.41, 5.74) is 0.951. The molecule has 0 bridgehead atoms. The molecule has 2 heteroatoms. The van der Waals surface area contributed by atoms with E-state index in [0.717, 1.165) is 16.7 Å². The van der Waals surface area contributed by atoms with Gasteiger partial charge in [-0.1, -0.05) is 58.4 Å². The maximum absolute atomic E-state index is 5.86. The highest BCUT2D eigenvalue weighted by molar-refractivity contribution is 9.08. The first-order chi connectivity index (χ1) is 11.3. The van der Waals surface area contributed by atoms with Crippen molar-refractivity contribution in [3.05, 3.63) is 72.5 Å². The van der Waals surface area contributed by atoms with E-state index in [-0.39, 0.29) is 0 Å². The zero-order chi connectivity index (χ0) is 15.4. The molecule has 0 atom stereocenters. The van der Waals surface area contributed by atoms with E-state index < -0.39 is 0 Å². The lowest BCUT2D eigenvalue weighted by molar-refractivity contribution is 0.575. The highest BCUT2D eigenvalue weighted by Gasteiger charge is 2.09. The number of fused-ring (bicyclic) bond motifs is 6. The van der Waals surface area contributed by atoms with Gasteiger partial charge in [0, 0.05) is 5.39 Å². The van der Waals surface area contributed by atoms with Crippen LogP contribution in [0.4, 0.5) is 0 Å². The second-order valence-electron chi connectivity index (χ2n) is 5.90. The normalized spacial score (nSPS) is 11.9. The van der Waals surface area contributed by atoms with Gasteiger partial charge in [0.15, 0.2) is 0 Å². The van der Waals surface area contributed by atoms with Crippen molar-refractivity contribution in [3.63, 3.8) is 0 Å². The molecule has 1 aromatic heterocycles. The van der Waals surface area contributed by atoms with Crippen molar-refractivity contribution in [2.75, 3.05) is 0 Å². The Bertz CT molecular complexity index is 1200. The molecule has 0 aliphatic rings. The van der Waals surface area contributed by atoms with E-state index in [0.29, 0.717) is 0 Å². The molecule has 0 spiro atoms. The van der Waals surface area contributed by atoms with Crippen LogP contribution in [0.3, 0.4) is 0 Å². The third-order valence-corrected chi connectivity index (χ3v) is 5.12. The summed E-state index contributed by atoms with van der Waals surface area (Å²) in [4.78, 5) is 0. The summed E-state index contributed by atoms with van der Waals surface area (Å²) >= 11 is 3.47. The third kappa shape index (κ3) is 1.91. The molecule has 0 saturated heterocycles. The van der Waals surface area contributed by atoms with E-state index in [1.807, 2.05) is 0 Å². The summed E-state index contributed by atoms with van der Waals surface area (Å²) in [7, 11) is 0. The number of hydrogen-bond acceptors (Lipinski definition) is 1. The van der Waals surface area contributed by atoms with E-state index in [9.17, 15) is 0 Å². The van der Waals surface area contributed by atoms with E-state index >= 15 is 0 Å². The number of furan rings is 1. The lowest BCUT2D eigenvalue weighted by atomic mass is 9.97. The summed E-state index contributed by atoms with van der Waals surface area (Å²) in [6.07, 6.45) is 0. The van der Waals surface area contributed by atoms with Crippen LogP contribution < -0.4 is 0 Å². The van der Waals surface area contributed by atoms with Crippen molar-refractivity contribution in [1.29, 1.82) is 0 Å². The molecular weight excluding hydrogens is 348 g/mol. The molecule has 0 N–H and O–H groups in total. The Kier molecular flexibility index (Phi) is 2.77. The smallest absolute Gasteiger partial charge is 0.134 e. The van der Waals surface area contributed by atoms with Gasteiger partial charge in [-0.05, 0) is 56.6 Å². The molecule has 0 radical (unpaired) electrons. The molecule has 1 heterocycles. The Labute approximate surface area is 141 Å². The van der Waals surface area contributed by atoms with Crippen LogP contribution in [0, 0.1) is 0 Å². The van der Waals surface area contributed by atoms with Gasteiger partial charge in [0.25, 0.3) is 0 Å². The molecule has 23 heavy (non-hydrogen) atoms. The molecular formula is C21H13BrO. The van der Waals surface area contributed by atoms with Crippen molar-refractivity contribution in [2.24, 2.45) is 0 Å². The second kappa shape index (κ2) is 4.84. The van der Waals surface area contributed by atoms with Crippen molar-refractivity contribution in [1.82, 2.24) is 0 Å². The number of benzene rings is 4. The van der Waals surface area contributed by atoms with Crippen LogP contribution >= 0.6 is 15.9 Å². The zero-order valence-corrected chi connectivity index (χ0v) is 13.9. The molecule has 4 aromatic carbocycles. The van der Waals surface area contributed by atoms with Crippen molar-refractivity contribution >= 4 is 59.2 Å². The Hall–Kier alpha value is -2.32. The molecule has 0 aliphatic heterocycles. The summed E-state index contributed by atoms with van der Waals surface area (Å²) < 4.78 is 5.86. The fourth-order valence-electron chi connectivity index (χ4n) is 3.47. The van der Waals surface area contributed by atoms with Gasteiger partial charge in [-0.2, -0.15) is 0 Å². The Morgan fingerprint density at radius 3 is 2.22 bits per heavy atom. The van der Waals surface area contributed by atoms with Crippen LogP contribution in [0.25, 0.3) is 43.3 Å². The van der Waals surface area contributed by atoms with Crippen LogP contribution in [0.1, 0.15) is 5.76 Å². The molecule has 0 aliphatic carbocycles. The topological polar surface area (TPSA) is 13.1 Å². The Morgan fingerprint density at radius 1 is 0.652 bits per heavy atom. The van der Waals surface area contributed by atoms with Crippen LogP contribution in [0.2, 0.25) is 0 Å². The summed E-state index contributed by atoms with van der Waals surface area (Å²) in [6.45, 7) is 0. The Morgan fingerprint density at radius 2 is 1.39 bits per heavy atom. The first kappa shape index (κ1) is 13.1. The van der Waals surface area contributed by atoms with Crippen LogP contribution in [-0.4, -0.2) is 0 Å². The van der Waals surface area contributed by atoms with Crippen molar-refractivity contribution in [3.8, 4) is 0 Å². The van der Waals surface area contributed by atoms with E-state index in [1.165, 1.54) is 37.7 Å². The number of halogens is 1. The van der Waals surface area contributed by atoms with E-state index in [1.54, 1.807) is 0 Å². The first-order valence-corrected chi connectivity index (χ1v) is 8.78. The molecule has 0 amide bonds. The predicted octanol–water partition coefficient (Wildman–Crippen LogP) is 6.79. The van der Waals surface area contributed by atoms with Gasteiger partial charge in [-0.3, -0.25) is 0 Å². The van der Waals surface area contributed by atoms with Gasteiger partial charge in [0.2, 0.25) is 0 Å². The lowest BCUT2D eigenvalue weighted by Gasteiger charge is -2.07. The fraction of sp³-hybridized carbons (Fsp3) is 0.0476. The standard InChI is InChI=1S/C21H13BrO/c22-12-16-11-20-18-6-5-15-9-13-3-1-2-4-14(13)10-19(15)17(18)7-8-21(20)23-16/h1-11H,12H2. The molecule has 1 nitrogen and oxygen atoms in total. The number of alkyl halides is 1. The fourth-order valence-corrected chi connectivity index (χ4v) is 3.74. The highest BCUT2D eigenvalue weighted by Crippen LogP contribution is 2.34. The van der Waals surface area contributed by atoms with Crippen molar-refractivity contribution in [2.45, 2.75) is 5.33 Å². The maximum Gasteiger partial charge on any atom is 0.134 e. The highest BCUT2D eigenvalue weighted by atomic mass is 79.9.